The summed E-state index contributed by atoms with van der Waals surface area (Å²) >= 11 is 0. The summed E-state index contributed by atoms with van der Waals surface area (Å²) in [6.07, 6.45) is 4.98. The number of carbonyl (C=O) groups is 1. The minimum Gasteiger partial charge on any atom is -0.496 e. The van der Waals surface area contributed by atoms with Crippen LogP contribution in [-0.4, -0.2) is 44.2 Å². The molecule has 1 fully saturated rings. The van der Waals surface area contributed by atoms with Crippen molar-refractivity contribution in [1.82, 2.24) is 16.0 Å². The molecule has 0 spiro atoms. The number of benzene rings is 1. The molecular formula is C23H36N4O3. The lowest BCUT2D eigenvalue weighted by Gasteiger charge is -2.30. The number of amides is 1. The van der Waals surface area contributed by atoms with Gasteiger partial charge in [-0.2, -0.15) is 0 Å². The van der Waals surface area contributed by atoms with E-state index >= 15 is 0 Å². The first-order valence-corrected chi connectivity index (χ1v) is 11.0. The lowest BCUT2D eigenvalue weighted by Crippen LogP contribution is -2.47. The van der Waals surface area contributed by atoms with E-state index in [1.165, 1.54) is 5.56 Å². The Morgan fingerprint density at radius 1 is 1.33 bits per heavy atom. The summed E-state index contributed by atoms with van der Waals surface area (Å²) in [5, 5.41) is 9.93. The number of carbonyl (C=O) groups excluding carboxylic acids is 1. The number of nitrogens with zero attached hydrogens (tertiary/aromatic N) is 1. The number of aliphatic imine (C=N–C) groups is 1. The van der Waals surface area contributed by atoms with Gasteiger partial charge in [-0.1, -0.05) is 6.42 Å². The molecule has 166 valence electrons. The van der Waals surface area contributed by atoms with Crippen LogP contribution in [0.5, 0.6) is 11.5 Å². The van der Waals surface area contributed by atoms with Crippen molar-refractivity contribution in [2.45, 2.75) is 77.6 Å². The number of hydrogen-bond donors (Lipinski definition) is 3. The van der Waals surface area contributed by atoms with Crippen molar-refractivity contribution in [3.8, 4) is 11.5 Å². The third-order valence-corrected chi connectivity index (χ3v) is 5.79. The van der Waals surface area contributed by atoms with Gasteiger partial charge in [0.25, 0.3) is 0 Å². The quantitative estimate of drug-likeness (QED) is 0.491. The van der Waals surface area contributed by atoms with Crippen LogP contribution < -0.4 is 25.4 Å². The topological polar surface area (TPSA) is 84.0 Å². The van der Waals surface area contributed by atoms with Crippen LogP contribution in [0.25, 0.3) is 0 Å². The van der Waals surface area contributed by atoms with Crippen molar-refractivity contribution < 1.29 is 14.3 Å². The van der Waals surface area contributed by atoms with Crippen LogP contribution >= 0.6 is 0 Å². The zero-order valence-electron chi connectivity index (χ0n) is 18.9. The van der Waals surface area contributed by atoms with Crippen molar-refractivity contribution in [2.75, 3.05) is 14.2 Å². The zero-order valence-corrected chi connectivity index (χ0v) is 18.9. The molecule has 0 aromatic heterocycles. The number of methoxy groups -OCH3 is 1. The summed E-state index contributed by atoms with van der Waals surface area (Å²) in [6.45, 7) is 6.66. The highest BCUT2D eigenvalue weighted by Crippen LogP contribution is 2.35. The van der Waals surface area contributed by atoms with Crippen LogP contribution in [0.3, 0.4) is 0 Å². The van der Waals surface area contributed by atoms with Gasteiger partial charge in [0.2, 0.25) is 5.91 Å². The largest absolute Gasteiger partial charge is 0.496 e. The van der Waals surface area contributed by atoms with Gasteiger partial charge in [-0.05, 0) is 52.2 Å². The Balaban J connectivity index is 1.58. The standard InChI is InChI=1S/C23H36N4O3/c1-14(2)26-22(28)16-7-6-8-19(10-16)27-23(24-4)25-13-18-12-21-17(9-15(3)30-21)11-20(18)29-5/h11-12,14-16,19H,6-10,13H2,1-5H3,(H,26,28)(H2,24,25,27). The number of nitrogens with one attached hydrogen (secondary N) is 3. The third kappa shape index (κ3) is 5.58. The summed E-state index contributed by atoms with van der Waals surface area (Å²) in [5.41, 5.74) is 2.23. The van der Waals surface area contributed by atoms with Crippen molar-refractivity contribution in [3.63, 3.8) is 0 Å². The van der Waals surface area contributed by atoms with Crippen molar-refractivity contribution in [2.24, 2.45) is 10.9 Å². The molecule has 30 heavy (non-hydrogen) atoms. The molecule has 0 bridgehead atoms. The van der Waals surface area contributed by atoms with Gasteiger partial charge in [0.1, 0.15) is 17.6 Å². The summed E-state index contributed by atoms with van der Waals surface area (Å²) < 4.78 is 11.5. The van der Waals surface area contributed by atoms with Gasteiger partial charge in [-0.25, -0.2) is 0 Å². The van der Waals surface area contributed by atoms with E-state index in [0.29, 0.717) is 6.54 Å². The van der Waals surface area contributed by atoms with Gasteiger partial charge in [0, 0.05) is 49.1 Å². The van der Waals surface area contributed by atoms with Crippen LogP contribution in [0.15, 0.2) is 17.1 Å². The molecule has 3 atom stereocenters. The zero-order chi connectivity index (χ0) is 21.7. The van der Waals surface area contributed by atoms with E-state index in [-0.39, 0.29) is 30.0 Å². The Hall–Kier alpha value is -2.44. The number of hydrogen-bond acceptors (Lipinski definition) is 4. The van der Waals surface area contributed by atoms with E-state index in [9.17, 15) is 4.79 Å². The lowest BCUT2D eigenvalue weighted by atomic mass is 9.85. The molecule has 1 heterocycles. The third-order valence-electron chi connectivity index (χ3n) is 5.79. The van der Waals surface area contributed by atoms with E-state index in [0.717, 1.165) is 55.1 Å². The molecule has 1 aliphatic heterocycles. The molecule has 2 aliphatic rings. The highest BCUT2D eigenvalue weighted by atomic mass is 16.5. The Kier molecular flexibility index (Phi) is 7.45. The number of guanidine groups is 1. The Bertz CT molecular complexity index is 778. The maximum Gasteiger partial charge on any atom is 0.223 e. The van der Waals surface area contributed by atoms with E-state index < -0.39 is 0 Å². The normalized spacial score (nSPS) is 23.5. The van der Waals surface area contributed by atoms with Gasteiger partial charge < -0.3 is 25.4 Å². The first-order valence-electron chi connectivity index (χ1n) is 11.0. The van der Waals surface area contributed by atoms with E-state index in [2.05, 4.69) is 40.0 Å². The number of rotatable bonds is 6. The van der Waals surface area contributed by atoms with Gasteiger partial charge in [0.05, 0.1) is 7.11 Å². The van der Waals surface area contributed by atoms with E-state index in [4.69, 9.17) is 9.47 Å². The predicted molar refractivity (Wildman–Crippen MR) is 119 cm³/mol. The van der Waals surface area contributed by atoms with Crippen LogP contribution in [0.1, 0.15) is 57.6 Å². The van der Waals surface area contributed by atoms with E-state index in [1.54, 1.807) is 14.2 Å². The fourth-order valence-corrected chi connectivity index (χ4v) is 4.34. The molecule has 1 aromatic rings. The second-order valence-electron chi connectivity index (χ2n) is 8.70. The van der Waals surface area contributed by atoms with Crippen molar-refractivity contribution >= 4 is 11.9 Å². The van der Waals surface area contributed by atoms with Crippen LogP contribution in [0.4, 0.5) is 0 Å². The molecule has 0 radical (unpaired) electrons. The summed E-state index contributed by atoms with van der Waals surface area (Å²) in [7, 11) is 3.47. The first kappa shape index (κ1) is 22.2. The summed E-state index contributed by atoms with van der Waals surface area (Å²) in [5.74, 6) is 2.76. The van der Waals surface area contributed by atoms with Gasteiger partial charge in [-0.15, -0.1) is 0 Å². The molecule has 1 saturated carbocycles. The maximum atomic E-state index is 12.4. The molecular weight excluding hydrogens is 380 g/mol. The van der Waals surface area contributed by atoms with Crippen molar-refractivity contribution in [3.05, 3.63) is 23.3 Å². The molecule has 3 unspecified atom stereocenters. The molecule has 3 N–H and O–H groups in total. The molecule has 1 amide bonds. The highest BCUT2D eigenvalue weighted by Gasteiger charge is 2.28. The minimum absolute atomic E-state index is 0.0627. The van der Waals surface area contributed by atoms with Crippen LogP contribution in [-0.2, 0) is 17.8 Å². The number of ether oxygens (including phenoxy) is 2. The Labute approximate surface area is 180 Å². The second-order valence-corrected chi connectivity index (χ2v) is 8.70. The Morgan fingerprint density at radius 2 is 2.13 bits per heavy atom. The summed E-state index contributed by atoms with van der Waals surface area (Å²) in [6, 6.07) is 4.55. The van der Waals surface area contributed by atoms with Crippen LogP contribution in [0, 0.1) is 5.92 Å². The summed E-state index contributed by atoms with van der Waals surface area (Å²) in [4.78, 5) is 16.8. The number of fused-ring (bicyclic) bond motifs is 1. The second kappa shape index (κ2) is 10.0. The molecule has 7 nitrogen and oxygen atoms in total. The minimum atomic E-state index is 0.0627. The average Bonchev–Trinajstić information content (AvgIpc) is 3.08. The smallest absolute Gasteiger partial charge is 0.223 e. The average molecular weight is 417 g/mol. The SMILES string of the molecule is CN=C(NCc1cc2c(cc1OC)CC(C)O2)NC1CCCC(C(=O)NC(C)C)C1. The first-order chi connectivity index (χ1) is 14.4. The maximum absolute atomic E-state index is 12.4. The van der Waals surface area contributed by atoms with Gasteiger partial charge in [0.15, 0.2) is 5.96 Å². The van der Waals surface area contributed by atoms with Crippen molar-refractivity contribution in [1.29, 1.82) is 0 Å². The monoisotopic (exact) mass is 416 g/mol. The fraction of sp³-hybridized carbons (Fsp3) is 0.652. The fourth-order valence-electron chi connectivity index (χ4n) is 4.34. The molecule has 3 rings (SSSR count). The molecule has 1 aromatic carbocycles. The molecule has 0 saturated heterocycles. The van der Waals surface area contributed by atoms with Gasteiger partial charge in [-0.3, -0.25) is 9.79 Å². The molecule has 1 aliphatic carbocycles. The van der Waals surface area contributed by atoms with Gasteiger partial charge >= 0.3 is 0 Å². The van der Waals surface area contributed by atoms with E-state index in [1.807, 2.05) is 13.8 Å². The Morgan fingerprint density at radius 3 is 2.83 bits per heavy atom. The lowest BCUT2D eigenvalue weighted by molar-refractivity contribution is -0.126. The highest BCUT2D eigenvalue weighted by molar-refractivity contribution is 5.81. The predicted octanol–water partition coefficient (Wildman–Crippen LogP) is 2.77. The van der Waals surface area contributed by atoms with Crippen LogP contribution in [0.2, 0.25) is 0 Å². The molecule has 7 heteroatoms.